The molecule has 0 radical (unpaired) electrons. The van der Waals surface area contributed by atoms with Crippen molar-refractivity contribution in [1.29, 1.82) is 0 Å². The third-order valence-corrected chi connectivity index (χ3v) is 14.1. The molecule has 0 atom stereocenters. The molecule has 0 aliphatic rings. The first-order valence-electron chi connectivity index (χ1n) is 18.4. The maximum Gasteiger partial charge on any atom is 0.0640 e. The normalized spacial score (nSPS) is 12.4. The number of rotatable bonds is 3. The third kappa shape index (κ3) is 3.78. The van der Waals surface area contributed by atoms with Gasteiger partial charge in [0.15, 0.2) is 0 Å². The number of nitrogens with zero attached hydrogens (tertiary/aromatic N) is 2. The van der Waals surface area contributed by atoms with E-state index in [2.05, 4.69) is 179 Å². The maximum absolute atomic E-state index is 2.53. The fourth-order valence-electron chi connectivity index (χ4n) is 9.35. The Hall–Kier alpha value is -6.46. The summed E-state index contributed by atoms with van der Waals surface area (Å²) in [5, 5.41) is 13.0. The van der Waals surface area contributed by atoms with Crippen molar-refractivity contribution in [2.75, 3.05) is 0 Å². The molecule has 0 aliphatic carbocycles. The molecule has 0 fully saturated rings. The number of hydrogen-bond acceptors (Lipinski definition) is 2. The van der Waals surface area contributed by atoms with Crippen molar-refractivity contribution in [3.05, 3.63) is 170 Å². The van der Waals surface area contributed by atoms with Crippen LogP contribution in [0.5, 0.6) is 0 Å². The second-order valence-corrected chi connectivity index (χ2v) is 16.6. The molecule has 250 valence electrons. The summed E-state index contributed by atoms with van der Waals surface area (Å²) in [5.41, 5.74) is 9.88. The number of thiophene rings is 2. The van der Waals surface area contributed by atoms with Crippen molar-refractivity contribution >= 4 is 117 Å². The molecule has 2 nitrogen and oxygen atoms in total. The molecule has 54 heavy (non-hydrogen) atoms. The van der Waals surface area contributed by atoms with Crippen LogP contribution in [0, 0.1) is 0 Å². The van der Waals surface area contributed by atoms with Crippen molar-refractivity contribution in [2.45, 2.75) is 0 Å². The Morgan fingerprint density at radius 3 is 1.61 bits per heavy atom. The summed E-state index contributed by atoms with van der Waals surface area (Å²) < 4.78 is 10.3. The highest BCUT2D eigenvalue weighted by atomic mass is 32.1. The Morgan fingerprint density at radius 2 is 0.870 bits per heavy atom. The number of fused-ring (bicyclic) bond motifs is 9. The van der Waals surface area contributed by atoms with Crippen LogP contribution in [-0.2, 0) is 0 Å². The van der Waals surface area contributed by atoms with Gasteiger partial charge in [0.05, 0.1) is 42.8 Å². The Bertz CT molecular complexity index is 3680. The summed E-state index contributed by atoms with van der Waals surface area (Å²) in [5.74, 6) is 0. The molecule has 0 amide bonds. The number of aromatic nitrogens is 2. The van der Waals surface area contributed by atoms with Crippen LogP contribution in [0.15, 0.2) is 170 Å². The highest BCUT2D eigenvalue weighted by molar-refractivity contribution is 7.26. The predicted molar refractivity (Wildman–Crippen MR) is 235 cm³/mol. The molecule has 4 heterocycles. The van der Waals surface area contributed by atoms with Gasteiger partial charge in [-0.05, 0) is 82.6 Å². The summed E-state index contributed by atoms with van der Waals surface area (Å²) >= 11 is 3.78. The van der Waals surface area contributed by atoms with Gasteiger partial charge >= 0.3 is 0 Å². The van der Waals surface area contributed by atoms with Crippen molar-refractivity contribution in [1.82, 2.24) is 9.13 Å². The number of para-hydroxylation sites is 1. The molecule has 4 heteroatoms. The first-order chi connectivity index (χ1) is 26.8. The zero-order chi connectivity index (χ0) is 35.1. The molecule has 0 bridgehead atoms. The van der Waals surface area contributed by atoms with Crippen LogP contribution in [0.2, 0.25) is 0 Å². The lowest BCUT2D eigenvalue weighted by molar-refractivity contribution is 1.20. The van der Waals surface area contributed by atoms with E-state index in [1.165, 1.54) is 117 Å². The molecule has 4 aromatic heterocycles. The minimum atomic E-state index is 1.22. The molecule has 0 saturated heterocycles. The number of benzene rings is 9. The second kappa shape index (κ2) is 10.6. The highest BCUT2D eigenvalue weighted by Crippen LogP contribution is 2.46. The lowest BCUT2D eigenvalue weighted by Crippen LogP contribution is -1.94. The Labute approximate surface area is 317 Å². The van der Waals surface area contributed by atoms with Crippen LogP contribution in [0.3, 0.4) is 0 Å². The van der Waals surface area contributed by atoms with E-state index in [1.54, 1.807) is 0 Å². The van der Waals surface area contributed by atoms with Crippen LogP contribution >= 0.6 is 22.7 Å². The Kier molecular flexibility index (Phi) is 5.69. The van der Waals surface area contributed by atoms with Crippen molar-refractivity contribution in [3.63, 3.8) is 0 Å². The van der Waals surface area contributed by atoms with E-state index in [-0.39, 0.29) is 0 Å². The average Bonchev–Trinajstić information content (AvgIpc) is 3.98. The molecule has 13 aromatic rings. The molecule has 13 rings (SSSR count). The van der Waals surface area contributed by atoms with E-state index < -0.39 is 0 Å². The van der Waals surface area contributed by atoms with Gasteiger partial charge in [0, 0.05) is 52.5 Å². The van der Waals surface area contributed by atoms with Gasteiger partial charge in [-0.1, -0.05) is 109 Å². The van der Waals surface area contributed by atoms with Crippen LogP contribution < -0.4 is 0 Å². The highest BCUT2D eigenvalue weighted by Gasteiger charge is 2.22. The van der Waals surface area contributed by atoms with E-state index >= 15 is 0 Å². The summed E-state index contributed by atoms with van der Waals surface area (Å²) in [6, 6.07) is 63.3. The lowest BCUT2D eigenvalue weighted by atomic mass is 9.96. The van der Waals surface area contributed by atoms with E-state index in [0.29, 0.717) is 0 Å². The van der Waals surface area contributed by atoms with Gasteiger partial charge in [-0.25, -0.2) is 0 Å². The zero-order valence-electron chi connectivity index (χ0n) is 28.9. The molecule has 0 N–H and O–H groups in total. The molecule has 0 spiro atoms. The molecular weight excluding hydrogens is 693 g/mol. The standard InChI is InChI=1S/C50H28N2S2/c1-4-16-39-33(11-1)38-27-30(24-25-40(38)51(39)42-18-8-14-36-34-12-2-5-20-45(34)53-49(36)42)32-26-31-23-22-29-10-7-17-41-47(29)48(31)44(28-32)52(41)43-19-9-15-37-35-13-3-6-21-46(35)54-50(37)43/h1-28H. The van der Waals surface area contributed by atoms with Crippen LogP contribution in [-0.4, -0.2) is 9.13 Å². The summed E-state index contributed by atoms with van der Waals surface area (Å²) in [6.07, 6.45) is 0. The second-order valence-electron chi connectivity index (χ2n) is 14.5. The largest absolute Gasteiger partial charge is 0.308 e. The summed E-state index contributed by atoms with van der Waals surface area (Å²) in [7, 11) is 0. The Morgan fingerprint density at radius 1 is 0.315 bits per heavy atom. The van der Waals surface area contributed by atoms with Gasteiger partial charge in [-0.3, -0.25) is 0 Å². The molecular formula is C50H28N2S2. The van der Waals surface area contributed by atoms with E-state index in [0.717, 1.165) is 0 Å². The third-order valence-electron chi connectivity index (χ3n) is 11.7. The average molecular weight is 721 g/mol. The van der Waals surface area contributed by atoms with E-state index in [9.17, 15) is 0 Å². The van der Waals surface area contributed by atoms with E-state index in [1.807, 2.05) is 22.7 Å². The van der Waals surface area contributed by atoms with Gasteiger partial charge < -0.3 is 9.13 Å². The van der Waals surface area contributed by atoms with Crippen molar-refractivity contribution < 1.29 is 0 Å². The van der Waals surface area contributed by atoms with Crippen LogP contribution in [0.1, 0.15) is 0 Å². The molecule has 0 saturated carbocycles. The maximum atomic E-state index is 2.53. The fourth-order valence-corrected chi connectivity index (χ4v) is 11.8. The lowest BCUT2D eigenvalue weighted by Gasteiger charge is -2.12. The first-order valence-corrected chi connectivity index (χ1v) is 20.1. The SMILES string of the molecule is c1ccc2c(c1)sc1c(-n3c4ccccc4c4cc(-c5cc6ccc7cccc8c7c6c(c5)n8-c5cccc6c5sc5ccccc56)ccc43)cccc12. The topological polar surface area (TPSA) is 9.86 Å². The smallest absolute Gasteiger partial charge is 0.0640 e. The molecule has 0 aliphatic heterocycles. The van der Waals surface area contributed by atoms with Crippen LogP contribution in [0.4, 0.5) is 0 Å². The zero-order valence-corrected chi connectivity index (χ0v) is 30.5. The summed E-state index contributed by atoms with van der Waals surface area (Å²) in [6.45, 7) is 0. The van der Waals surface area contributed by atoms with Crippen molar-refractivity contribution in [2.24, 2.45) is 0 Å². The van der Waals surface area contributed by atoms with Gasteiger partial charge in [-0.2, -0.15) is 0 Å². The number of hydrogen-bond donors (Lipinski definition) is 0. The molecule has 9 aromatic carbocycles. The predicted octanol–water partition coefficient (Wildman–Crippen LogP) is 14.9. The van der Waals surface area contributed by atoms with Crippen molar-refractivity contribution in [3.8, 4) is 22.5 Å². The minimum absolute atomic E-state index is 1.22. The van der Waals surface area contributed by atoms with Gasteiger partial charge in [0.1, 0.15) is 0 Å². The first kappa shape index (κ1) is 29.0. The van der Waals surface area contributed by atoms with E-state index in [4.69, 9.17) is 0 Å². The fraction of sp³-hybridized carbons (Fsp3) is 0. The summed E-state index contributed by atoms with van der Waals surface area (Å²) in [4.78, 5) is 0. The Balaban J connectivity index is 1.08. The quantitative estimate of drug-likeness (QED) is 0.161. The van der Waals surface area contributed by atoms with Gasteiger partial charge in [0.2, 0.25) is 0 Å². The minimum Gasteiger partial charge on any atom is -0.308 e. The van der Waals surface area contributed by atoms with Gasteiger partial charge in [-0.15, -0.1) is 22.7 Å². The molecule has 0 unspecified atom stereocenters. The van der Waals surface area contributed by atoms with Crippen LogP contribution in [0.25, 0.3) is 117 Å². The van der Waals surface area contributed by atoms with Gasteiger partial charge in [0.25, 0.3) is 0 Å². The monoisotopic (exact) mass is 720 g/mol.